The summed E-state index contributed by atoms with van der Waals surface area (Å²) in [7, 11) is 0. The molecule has 2 N–H and O–H groups in total. The monoisotopic (exact) mass is 369 g/mol. The largest absolute Gasteiger partial charge is 0.508 e. The van der Waals surface area contributed by atoms with E-state index in [2.05, 4.69) is 19.2 Å². The number of nitrogens with one attached hydrogen (secondary N) is 1. The van der Waals surface area contributed by atoms with Crippen molar-refractivity contribution in [2.24, 2.45) is 5.92 Å². The summed E-state index contributed by atoms with van der Waals surface area (Å²) in [5, 5.41) is 13.4. The van der Waals surface area contributed by atoms with Gasteiger partial charge in [-0.3, -0.25) is 0 Å². The predicted molar refractivity (Wildman–Crippen MR) is 110 cm³/mol. The first-order valence-corrected chi connectivity index (χ1v) is 9.89. The normalized spacial score (nSPS) is 11.8. The lowest BCUT2D eigenvalue weighted by Crippen LogP contribution is -2.10. The average Bonchev–Trinajstić information content (AvgIpc) is 2.68. The summed E-state index contributed by atoms with van der Waals surface area (Å²) in [6.45, 7) is 7.10. The van der Waals surface area contributed by atoms with Crippen molar-refractivity contribution in [3.8, 4) is 5.75 Å². The highest BCUT2D eigenvalue weighted by molar-refractivity contribution is 5.90. The first-order chi connectivity index (χ1) is 13.1. The number of carbonyl (C=O) groups is 1. The molecule has 4 heteroatoms. The first-order valence-electron chi connectivity index (χ1n) is 9.89. The molecule has 0 radical (unpaired) electrons. The molecule has 0 bridgehead atoms. The molecule has 146 valence electrons. The molecule has 0 aliphatic rings. The fourth-order valence-corrected chi connectivity index (χ4v) is 3.28. The maximum Gasteiger partial charge on any atom is 0.338 e. The van der Waals surface area contributed by atoms with E-state index >= 15 is 0 Å². The highest BCUT2D eigenvalue weighted by atomic mass is 16.5. The van der Waals surface area contributed by atoms with Crippen LogP contribution in [0.2, 0.25) is 0 Å². The number of esters is 1. The summed E-state index contributed by atoms with van der Waals surface area (Å²) in [6, 6.07) is 13.0. The first kappa shape index (κ1) is 20.8. The number of rotatable bonds is 10. The third kappa shape index (κ3) is 6.02. The Morgan fingerprint density at radius 2 is 1.89 bits per heavy atom. The summed E-state index contributed by atoms with van der Waals surface area (Å²) in [6.07, 6.45) is 4.46. The topological polar surface area (TPSA) is 58.6 Å². The van der Waals surface area contributed by atoms with Crippen LogP contribution in [0, 0.1) is 5.92 Å². The number of benzene rings is 2. The van der Waals surface area contributed by atoms with E-state index in [0.717, 1.165) is 24.1 Å². The number of aromatic hydroxyl groups is 1. The van der Waals surface area contributed by atoms with Gasteiger partial charge in [-0.2, -0.15) is 0 Å². The van der Waals surface area contributed by atoms with Crippen molar-refractivity contribution in [1.82, 2.24) is 0 Å². The third-order valence-corrected chi connectivity index (χ3v) is 4.86. The Kier molecular flexibility index (Phi) is 8.18. The van der Waals surface area contributed by atoms with Gasteiger partial charge in [0, 0.05) is 17.8 Å². The molecule has 0 aliphatic heterocycles. The summed E-state index contributed by atoms with van der Waals surface area (Å²) >= 11 is 0. The second kappa shape index (κ2) is 10.6. The molecular formula is C23H31NO3. The Morgan fingerprint density at radius 3 is 2.56 bits per heavy atom. The van der Waals surface area contributed by atoms with E-state index in [0.29, 0.717) is 24.6 Å². The third-order valence-electron chi connectivity index (χ3n) is 4.86. The lowest BCUT2D eigenvalue weighted by atomic mass is 9.91. The Hall–Kier alpha value is -2.49. The van der Waals surface area contributed by atoms with Gasteiger partial charge < -0.3 is 15.2 Å². The molecular weight excluding hydrogens is 338 g/mol. The summed E-state index contributed by atoms with van der Waals surface area (Å²) < 4.78 is 5.14. The molecule has 0 saturated heterocycles. The summed E-state index contributed by atoms with van der Waals surface area (Å²) in [4.78, 5) is 12.1. The number of carbonyl (C=O) groups excluding carboxylic acids is 1. The van der Waals surface area contributed by atoms with Crippen molar-refractivity contribution in [3.05, 3.63) is 59.2 Å². The van der Waals surface area contributed by atoms with Crippen molar-refractivity contribution in [1.29, 1.82) is 0 Å². The van der Waals surface area contributed by atoms with Gasteiger partial charge in [0.2, 0.25) is 0 Å². The zero-order valence-corrected chi connectivity index (χ0v) is 16.6. The van der Waals surface area contributed by atoms with E-state index in [9.17, 15) is 9.90 Å². The molecule has 2 rings (SSSR count). The number of anilines is 1. The van der Waals surface area contributed by atoms with Gasteiger partial charge in [0.05, 0.1) is 12.2 Å². The minimum absolute atomic E-state index is 0.269. The van der Waals surface area contributed by atoms with Gasteiger partial charge in [-0.1, -0.05) is 57.4 Å². The minimum Gasteiger partial charge on any atom is -0.508 e. The molecule has 0 heterocycles. The van der Waals surface area contributed by atoms with Crippen LogP contribution < -0.4 is 5.32 Å². The van der Waals surface area contributed by atoms with Gasteiger partial charge in [0.1, 0.15) is 5.75 Å². The van der Waals surface area contributed by atoms with Crippen LogP contribution in [0.1, 0.15) is 61.5 Å². The van der Waals surface area contributed by atoms with Crippen LogP contribution in [0.15, 0.2) is 42.5 Å². The van der Waals surface area contributed by atoms with Crippen LogP contribution in [0.3, 0.4) is 0 Å². The van der Waals surface area contributed by atoms with Crippen LogP contribution in [0.5, 0.6) is 5.75 Å². The van der Waals surface area contributed by atoms with E-state index in [1.165, 1.54) is 18.4 Å². The van der Waals surface area contributed by atoms with Crippen molar-refractivity contribution >= 4 is 11.7 Å². The van der Waals surface area contributed by atoms with Gasteiger partial charge in [-0.15, -0.1) is 0 Å². The number of para-hydroxylation sites is 1. The highest BCUT2D eigenvalue weighted by Crippen LogP contribution is 2.26. The van der Waals surface area contributed by atoms with Crippen molar-refractivity contribution < 1.29 is 14.6 Å². The van der Waals surface area contributed by atoms with Crippen molar-refractivity contribution in [2.75, 3.05) is 11.9 Å². The summed E-state index contributed by atoms with van der Waals surface area (Å²) in [5.41, 5.74) is 3.49. The zero-order valence-electron chi connectivity index (χ0n) is 16.6. The van der Waals surface area contributed by atoms with Gasteiger partial charge in [0.15, 0.2) is 0 Å². The Morgan fingerprint density at radius 1 is 1.11 bits per heavy atom. The maximum absolute atomic E-state index is 12.1. The number of ether oxygens (including phenoxy) is 1. The number of hydrogen-bond acceptors (Lipinski definition) is 4. The van der Waals surface area contributed by atoms with Crippen LogP contribution in [-0.2, 0) is 17.7 Å². The van der Waals surface area contributed by atoms with Crippen molar-refractivity contribution in [2.45, 2.75) is 53.0 Å². The van der Waals surface area contributed by atoms with E-state index in [1.54, 1.807) is 13.0 Å². The molecule has 1 atom stereocenters. The smallest absolute Gasteiger partial charge is 0.338 e. The molecule has 27 heavy (non-hydrogen) atoms. The molecule has 4 nitrogen and oxygen atoms in total. The number of phenolic OH excluding ortho intramolecular Hbond substituents is 1. The Labute approximate surface area is 162 Å². The van der Waals surface area contributed by atoms with Gasteiger partial charge >= 0.3 is 5.97 Å². The second-order valence-corrected chi connectivity index (χ2v) is 6.84. The fraction of sp³-hybridized carbons (Fsp3) is 0.435. The molecule has 0 amide bonds. The molecule has 0 aliphatic carbocycles. The fourth-order valence-electron chi connectivity index (χ4n) is 3.28. The molecule has 1 unspecified atom stereocenters. The van der Waals surface area contributed by atoms with E-state index in [-0.39, 0.29) is 11.7 Å². The van der Waals surface area contributed by atoms with Crippen LogP contribution >= 0.6 is 0 Å². The Balaban J connectivity index is 2.26. The van der Waals surface area contributed by atoms with E-state index < -0.39 is 0 Å². The molecule has 0 spiro atoms. The lowest BCUT2D eigenvalue weighted by Gasteiger charge is -2.19. The molecule has 0 aromatic heterocycles. The number of phenols is 1. The SMILES string of the molecule is CCCC(CC)Cc1ccc(C(=O)OCC)cc1NCc1ccccc1O. The average molecular weight is 370 g/mol. The zero-order chi connectivity index (χ0) is 19.6. The number of hydrogen-bond donors (Lipinski definition) is 2. The standard InChI is InChI=1S/C23H31NO3/c1-4-9-17(5-2)14-18-12-13-19(23(26)27-6-3)15-21(18)24-16-20-10-7-8-11-22(20)25/h7-8,10-13,15,17,24-25H,4-6,9,14,16H2,1-3H3. The van der Waals surface area contributed by atoms with Gasteiger partial charge in [-0.05, 0) is 43.0 Å². The van der Waals surface area contributed by atoms with Crippen molar-refractivity contribution in [3.63, 3.8) is 0 Å². The van der Waals surface area contributed by atoms with Crippen LogP contribution in [0.4, 0.5) is 5.69 Å². The van der Waals surface area contributed by atoms with E-state index in [4.69, 9.17) is 4.74 Å². The molecule has 0 saturated carbocycles. The Bertz CT molecular complexity index is 742. The van der Waals surface area contributed by atoms with Gasteiger partial charge in [-0.25, -0.2) is 4.79 Å². The second-order valence-electron chi connectivity index (χ2n) is 6.84. The summed E-state index contributed by atoms with van der Waals surface area (Å²) in [5.74, 6) is 0.579. The van der Waals surface area contributed by atoms with E-state index in [1.807, 2.05) is 36.4 Å². The molecule has 2 aromatic rings. The minimum atomic E-state index is -0.310. The lowest BCUT2D eigenvalue weighted by molar-refractivity contribution is 0.0526. The molecule has 0 fully saturated rings. The predicted octanol–water partition coefficient (Wildman–Crippen LogP) is 5.55. The van der Waals surface area contributed by atoms with Gasteiger partial charge in [0.25, 0.3) is 0 Å². The maximum atomic E-state index is 12.1. The van der Waals surface area contributed by atoms with Crippen LogP contribution in [-0.4, -0.2) is 17.7 Å². The highest BCUT2D eigenvalue weighted by Gasteiger charge is 2.14. The molecule has 2 aromatic carbocycles. The van der Waals surface area contributed by atoms with Crippen LogP contribution in [0.25, 0.3) is 0 Å². The quantitative estimate of drug-likeness (QED) is 0.539.